The number of halogens is 1. The third-order valence-corrected chi connectivity index (χ3v) is 4.13. The molecule has 0 spiro atoms. The first-order chi connectivity index (χ1) is 8.83. The Morgan fingerprint density at radius 1 is 1.21 bits per heavy atom. The fourth-order valence-electron chi connectivity index (χ4n) is 2.94. The van der Waals surface area contributed by atoms with E-state index >= 15 is 0 Å². The van der Waals surface area contributed by atoms with Crippen LogP contribution in [0.2, 0.25) is 0 Å². The van der Waals surface area contributed by atoms with Crippen LogP contribution in [0, 0.1) is 0 Å². The van der Waals surface area contributed by atoms with Crippen molar-refractivity contribution >= 4 is 18.3 Å². The van der Waals surface area contributed by atoms with Crippen LogP contribution >= 0.6 is 12.4 Å². The van der Waals surface area contributed by atoms with Gasteiger partial charge in [0.15, 0.2) is 0 Å². The van der Waals surface area contributed by atoms with Crippen LogP contribution in [-0.2, 0) is 4.79 Å². The van der Waals surface area contributed by atoms with Gasteiger partial charge in [-0.15, -0.1) is 12.4 Å². The molecule has 1 aliphatic heterocycles. The van der Waals surface area contributed by atoms with Gasteiger partial charge in [-0.05, 0) is 43.7 Å². The first kappa shape index (κ1) is 14.4. The van der Waals surface area contributed by atoms with Crippen molar-refractivity contribution in [3.05, 3.63) is 35.9 Å². The second-order valence-electron chi connectivity index (χ2n) is 5.43. The Labute approximate surface area is 120 Å². The van der Waals surface area contributed by atoms with E-state index in [0.29, 0.717) is 12.0 Å². The maximum absolute atomic E-state index is 11.9. The lowest BCUT2D eigenvalue weighted by atomic mass is 9.76. The molecule has 3 rings (SSSR count). The molecule has 1 unspecified atom stereocenters. The molecule has 2 N–H and O–H groups in total. The van der Waals surface area contributed by atoms with Gasteiger partial charge in [0.1, 0.15) is 0 Å². The lowest BCUT2D eigenvalue weighted by molar-refractivity contribution is -0.124. The zero-order valence-corrected chi connectivity index (χ0v) is 11.8. The molecule has 2 aliphatic rings. The Kier molecular flexibility index (Phi) is 4.83. The van der Waals surface area contributed by atoms with Crippen molar-refractivity contribution in [1.82, 2.24) is 10.6 Å². The van der Waals surface area contributed by atoms with Crippen LogP contribution in [-0.4, -0.2) is 24.5 Å². The highest BCUT2D eigenvalue weighted by Crippen LogP contribution is 2.36. The minimum Gasteiger partial charge on any atom is -0.352 e. The average molecular weight is 281 g/mol. The van der Waals surface area contributed by atoms with E-state index in [9.17, 15) is 4.79 Å². The molecular formula is C15H21ClN2O. The monoisotopic (exact) mass is 280 g/mol. The molecule has 104 valence electrons. The summed E-state index contributed by atoms with van der Waals surface area (Å²) in [6.07, 6.45) is 4.28. The van der Waals surface area contributed by atoms with Gasteiger partial charge < -0.3 is 10.6 Å². The Balaban J connectivity index is 0.00000133. The van der Waals surface area contributed by atoms with Gasteiger partial charge in [0.25, 0.3) is 0 Å². The Morgan fingerprint density at radius 3 is 2.58 bits per heavy atom. The molecule has 3 nitrogen and oxygen atoms in total. The molecule has 1 aliphatic carbocycles. The summed E-state index contributed by atoms with van der Waals surface area (Å²) in [5.74, 6) is 0.831. The van der Waals surface area contributed by atoms with Crippen LogP contribution in [0.15, 0.2) is 30.3 Å². The fraction of sp³-hybridized carbons (Fsp3) is 0.533. The minimum absolute atomic E-state index is 0. The van der Waals surface area contributed by atoms with E-state index in [1.165, 1.54) is 5.56 Å². The normalized spacial score (nSPS) is 29.2. The van der Waals surface area contributed by atoms with Crippen LogP contribution in [0.25, 0.3) is 0 Å². The van der Waals surface area contributed by atoms with Crippen LogP contribution in [0.3, 0.4) is 0 Å². The van der Waals surface area contributed by atoms with Crippen LogP contribution < -0.4 is 10.6 Å². The number of rotatable bonds is 3. The topological polar surface area (TPSA) is 41.1 Å². The van der Waals surface area contributed by atoms with Crippen molar-refractivity contribution in [3.8, 4) is 0 Å². The maximum Gasteiger partial charge on any atom is 0.237 e. The number of nitrogens with one attached hydrogen (secondary N) is 2. The van der Waals surface area contributed by atoms with Crippen molar-refractivity contribution < 1.29 is 4.79 Å². The van der Waals surface area contributed by atoms with Crippen molar-refractivity contribution in [1.29, 1.82) is 0 Å². The second-order valence-corrected chi connectivity index (χ2v) is 5.43. The first-order valence-electron chi connectivity index (χ1n) is 6.91. The molecule has 2 fully saturated rings. The molecular weight excluding hydrogens is 260 g/mol. The highest BCUT2D eigenvalue weighted by molar-refractivity contribution is 5.85. The van der Waals surface area contributed by atoms with Crippen molar-refractivity contribution in [2.75, 3.05) is 6.54 Å². The molecule has 0 bridgehead atoms. The van der Waals surface area contributed by atoms with Gasteiger partial charge >= 0.3 is 0 Å². The minimum atomic E-state index is 0. The third-order valence-electron chi connectivity index (χ3n) is 4.13. The summed E-state index contributed by atoms with van der Waals surface area (Å²) >= 11 is 0. The summed E-state index contributed by atoms with van der Waals surface area (Å²) in [6.45, 7) is 0.982. The Hall–Kier alpha value is -1.06. The van der Waals surface area contributed by atoms with Gasteiger partial charge in [0.2, 0.25) is 5.91 Å². The largest absolute Gasteiger partial charge is 0.352 e. The van der Waals surface area contributed by atoms with E-state index in [4.69, 9.17) is 0 Å². The lowest BCUT2D eigenvalue weighted by Gasteiger charge is -2.36. The van der Waals surface area contributed by atoms with E-state index in [1.807, 2.05) is 6.07 Å². The van der Waals surface area contributed by atoms with Gasteiger partial charge in [-0.25, -0.2) is 0 Å². The Morgan fingerprint density at radius 2 is 1.95 bits per heavy atom. The summed E-state index contributed by atoms with van der Waals surface area (Å²) in [4.78, 5) is 11.9. The predicted octanol–water partition coefficient (Wildman–Crippen LogP) is 2.22. The summed E-state index contributed by atoms with van der Waals surface area (Å²) in [5, 5.41) is 6.40. The molecule has 1 heterocycles. The standard InChI is InChI=1S/C15H20N2O.ClH/c18-15(14-7-4-8-16-14)17-13-9-12(10-13)11-5-2-1-3-6-11;/h1-3,5-6,12-14,16H,4,7-10H2,(H,17,18);1H. The summed E-state index contributed by atoms with van der Waals surface area (Å²) in [7, 11) is 0. The van der Waals surface area contributed by atoms with E-state index in [0.717, 1.165) is 32.2 Å². The predicted molar refractivity (Wildman–Crippen MR) is 78.6 cm³/mol. The average Bonchev–Trinajstić information content (AvgIpc) is 2.88. The van der Waals surface area contributed by atoms with Crippen molar-refractivity contribution in [2.24, 2.45) is 0 Å². The van der Waals surface area contributed by atoms with Gasteiger partial charge in [0, 0.05) is 6.04 Å². The number of carbonyl (C=O) groups excluding carboxylic acids is 1. The molecule has 1 amide bonds. The van der Waals surface area contributed by atoms with Gasteiger partial charge in [0.05, 0.1) is 6.04 Å². The van der Waals surface area contributed by atoms with E-state index in [2.05, 4.69) is 34.9 Å². The van der Waals surface area contributed by atoms with E-state index in [-0.39, 0.29) is 24.4 Å². The van der Waals surface area contributed by atoms with Gasteiger partial charge in [-0.2, -0.15) is 0 Å². The highest BCUT2D eigenvalue weighted by Gasteiger charge is 2.33. The number of hydrogen-bond acceptors (Lipinski definition) is 2. The maximum atomic E-state index is 11.9. The van der Waals surface area contributed by atoms with E-state index in [1.54, 1.807) is 0 Å². The van der Waals surface area contributed by atoms with Crippen molar-refractivity contribution in [2.45, 2.75) is 43.7 Å². The smallest absolute Gasteiger partial charge is 0.237 e. The first-order valence-corrected chi connectivity index (χ1v) is 6.91. The van der Waals surface area contributed by atoms with E-state index < -0.39 is 0 Å². The molecule has 0 radical (unpaired) electrons. The number of carbonyl (C=O) groups is 1. The quantitative estimate of drug-likeness (QED) is 0.891. The fourth-order valence-corrected chi connectivity index (χ4v) is 2.94. The van der Waals surface area contributed by atoms with Crippen LogP contribution in [0.4, 0.5) is 0 Å². The number of benzene rings is 1. The zero-order chi connectivity index (χ0) is 12.4. The molecule has 4 heteroatoms. The van der Waals surface area contributed by atoms with Gasteiger partial charge in [-0.1, -0.05) is 30.3 Å². The molecule has 1 aromatic carbocycles. The van der Waals surface area contributed by atoms with Crippen molar-refractivity contribution in [3.63, 3.8) is 0 Å². The highest BCUT2D eigenvalue weighted by atomic mass is 35.5. The molecule has 1 saturated heterocycles. The molecule has 19 heavy (non-hydrogen) atoms. The Bertz CT molecular complexity index is 411. The zero-order valence-electron chi connectivity index (χ0n) is 11.0. The summed E-state index contributed by atoms with van der Waals surface area (Å²) in [5.41, 5.74) is 1.40. The molecule has 1 atom stereocenters. The molecule has 0 aromatic heterocycles. The van der Waals surface area contributed by atoms with Crippen LogP contribution in [0.1, 0.15) is 37.2 Å². The second kappa shape index (κ2) is 6.40. The summed E-state index contributed by atoms with van der Waals surface area (Å²) in [6, 6.07) is 11.0. The SMILES string of the molecule is Cl.O=C(NC1CC(c2ccccc2)C1)C1CCCN1. The third kappa shape index (κ3) is 3.28. The van der Waals surface area contributed by atoms with Crippen LogP contribution in [0.5, 0.6) is 0 Å². The lowest BCUT2D eigenvalue weighted by Crippen LogP contribution is -2.49. The summed E-state index contributed by atoms with van der Waals surface area (Å²) < 4.78 is 0. The molecule has 1 saturated carbocycles. The number of amides is 1. The number of hydrogen-bond donors (Lipinski definition) is 2. The molecule has 1 aromatic rings. The van der Waals surface area contributed by atoms with Gasteiger partial charge in [-0.3, -0.25) is 4.79 Å².